The largest absolute Gasteiger partial charge is 0.420 e. The highest BCUT2D eigenvalue weighted by Gasteiger charge is 2.33. The molecule has 0 aliphatic heterocycles. The number of carbonyl (C=O) groups is 1. The van der Waals surface area contributed by atoms with Crippen LogP contribution in [0.5, 0.6) is 5.75 Å². The second kappa shape index (κ2) is 7.09. The van der Waals surface area contributed by atoms with Gasteiger partial charge in [-0.05, 0) is 27.2 Å². The third-order valence-electron chi connectivity index (χ3n) is 3.12. The molecule has 0 saturated heterocycles. The number of esters is 1. The molecule has 1 unspecified atom stereocenters. The molecule has 0 heterocycles. The first kappa shape index (κ1) is 18.4. The van der Waals surface area contributed by atoms with Crippen LogP contribution in [0.25, 0.3) is 0 Å². The summed E-state index contributed by atoms with van der Waals surface area (Å²) in [6.45, 7) is 6.48. The Balaban J connectivity index is 2.93. The summed E-state index contributed by atoms with van der Waals surface area (Å²) in [7, 11) is 0. The van der Waals surface area contributed by atoms with Crippen molar-refractivity contribution in [1.82, 2.24) is 0 Å². The number of rotatable bonds is 6. The Morgan fingerprint density at radius 1 is 1.18 bits per heavy atom. The van der Waals surface area contributed by atoms with Crippen LogP contribution in [0.15, 0.2) is 6.07 Å². The van der Waals surface area contributed by atoms with Crippen LogP contribution in [0, 0.1) is 28.7 Å². The van der Waals surface area contributed by atoms with Gasteiger partial charge in [-0.2, -0.15) is 8.78 Å². The highest BCUT2D eigenvalue weighted by Crippen LogP contribution is 2.29. The molecule has 22 heavy (non-hydrogen) atoms. The van der Waals surface area contributed by atoms with E-state index in [1.165, 1.54) is 13.8 Å². The Labute approximate surface area is 126 Å². The lowest BCUT2D eigenvalue weighted by Gasteiger charge is -2.24. The molecule has 0 fully saturated rings. The number of carbonyl (C=O) groups excluding carboxylic acids is 1. The summed E-state index contributed by atoms with van der Waals surface area (Å²) in [6, 6.07) is 0.0409. The number of hydrogen-bond acceptors (Lipinski definition) is 3. The third kappa shape index (κ3) is 4.19. The molecule has 0 saturated carbocycles. The number of benzene rings is 1. The van der Waals surface area contributed by atoms with Gasteiger partial charge in [-0.1, -0.05) is 6.92 Å². The smallest absolute Gasteiger partial charge is 0.319 e. The van der Waals surface area contributed by atoms with Crippen molar-refractivity contribution in [2.24, 2.45) is 5.41 Å². The topological polar surface area (TPSA) is 35.5 Å². The van der Waals surface area contributed by atoms with E-state index in [4.69, 9.17) is 4.74 Å². The zero-order valence-electron chi connectivity index (χ0n) is 12.8. The first-order valence-corrected chi connectivity index (χ1v) is 6.77. The van der Waals surface area contributed by atoms with Gasteiger partial charge in [-0.3, -0.25) is 4.79 Å². The van der Waals surface area contributed by atoms with E-state index >= 15 is 0 Å². The van der Waals surface area contributed by atoms with Crippen molar-refractivity contribution in [2.45, 2.75) is 40.2 Å². The van der Waals surface area contributed by atoms with Gasteiger partial charge in [-0.25, -0.2) is 8.78 Å². The SMILES string of the molecule is CCC(C)OCC(C)(C)C(=O)Oc1c(F)c(F)cc(F)c1F. The molecule has 0 bridgehead atoms. The van der Waals surface area contributed by atoms with Crippen molar-refractivity contribution < 1.29 is 31.8 Å². The van der Waals surface area contributed by atoms with Gasteiger partial charge >= 0.3 is 5.97 Å². The maximum atomic E-state index is 13.5. The van der Waals surface area contributed by atoms with Crippen LogP contribution in [0.4, 0.5) is 17.6 Å². The van der Waals surface area contributed by atoms with Crippen LogP contribution in [-0.2, 0) is 9.53 Å². The van der Waals surface area contributed by atoms with Crippen LogP contribution < -0.4 is 4.74 Å². The zero-order chi connectivity index (χ0) is 17.1. The predicted octanol–water partition coefficient (Wildman–Crippen LogP) is 3.99. The monoisotopic (exact) mass is 322 g/mol. The van der Waals surface area contributed by atoms with Crippen molar-refractivity contribution in [3.8, 4) is 5.75 Å². The van der Waals surface area contributed by atoms with Gasteiger partial charge in [-0.15, -0.1) is 0 Å². The van der Waals surface area contributed by atoms with E-state index < -0.39 is 40.4 Å². The minimum absolute atomic E-state index is 0.0409. The zero-order valence-corrected chi connectivity index (χ0v) is 12.8. The molecule has 0 N–H and O–H groups in total. The Hall–Kier alpha value is -1.63. The van der Waals surface area contributed by atoms with E-state index in [9.17, 15) is 22.4 Å². The number of hydrogen-bond donors (Lipinski definition) is 0. The minimum Gasteiger partial charge on any atom is -0.420 e. The van der Waals surface area contributed by atoms with Gasteiger partial charge in [0.25, 0.3) is 0 Å². The van der Waals surface area contributed by atoms with E-state index in [2.05, 4.69) is 4.74 Å². The molecule has 1 aromatic rings. The summed E-state index contributed by atoms with van der Waals surface area (Å²) in [5, 5.41) is 0. The average Bonchev–Trinajstić information content (AvgIpc) is 2.46. The average molecular weight is 322 g/mol. The second-order valence-electron chi connectivity index (χ2n) is 5.60. The molecule has 3 nitrogen and oxygen atoms in total. The van der Waals surface area contributed by atoms with E-state index in [-0.39, 0.29) is 18.8 Å². The van der Waals surface area contributed by atoms with Gasteiger partial charge in [0.1, 0.15) is 0 Å². The van der Waals surface area contributed by atoms with Gasteiger partial charge < -0.3 is 9.47 Å². The molecule has 0 spiro atoms. The molecule has 0 amide bonds. The molecule has 0 radical (unpaired) electrons. The van der Waals surface area contributed by atoms with Gasteiger partial charge in [0.15, 0.2) is 11.6 Å². The van der Waals surface area contributed by atoms with Crippen molar-refractivity contribution in [3.63, 3.8) is 0 Å². The predicted molar refractivity (Wildman–Crippen MR) is 71.4 cm³/mol. The Bertz CT molecular complexity index is 532. The fourth-order valence-electron chi connectivity index (χ4n) is 1.40. The molecule has 124 valence electrons. The van der Waals surface area contributed by atoms with Crippen molar-refractivity contribution in [3.05, 3.63) is 29.3 Å². The Kier molecular flexibility index (Phi) is 5.93. The van der Waals surface area contributed by atoms with E-state index in [1.54, 1.807) is 6.92 Å². The van der Waals surface area contributed by atoms with Gasteiger partial charge in [0.2, 0.25) is 17.4 Å². The van der Waals surface area contributed by atoms with E-state index in [0.29, 0.717) is 6.42 Å². The van der Waals surface area contributed by atoms with Crippen LogP contribution >= 0.6 is 0 Å². The van der Waals surface area contributed by atoms with E-state index in [1.807, 2.05) is 6.92 Å². The Morgan fingerprint density at radius 2 is 1.68 bits per heavy atom. The lowest BCUT2D eigenvalue weighted by atomic mass is 9.95. The first-order chi connectivity index (χ1) is 10.1. The van der Waals surface area contributed by atoms with E-state index in [0.717, 1.165) is 0 Å². The molecule has 0 aliphatic rings. The summed E-state index contributed by atoms with van der Waals surface area (Å²) in [5.41, 5.74) is -1.24. The molecule has 7 heteroatoms. The summed E-state index contributed by atoms with van der Waals surface area (Å²) < 4.78 is 63.0. The standard InChI is InChI=1S/C15H18F4O3/c1-5-8(2)21-7-15(3,4)14(20)22-13-11(18)9(16)6-10(17)12(13)19/h6,8H,5,7H2,1-4H3. The highest BCUT2D eigenvalue weighted by atomic mass is 19.2. The summed E-state index contributed by atoms with van der Waals surface area (Å²) in [5.74, 6) is -9.25. The van der Waals surface area contributed by atoms with Crippen molar-refractivity contribution in [1.29, 1.82) is 0 Å². The van der Waals surface area contributed by atoms with Crippen LogP contribution in [0.2, 0.25) is 0 Å². The van der Waals surface area contributed by atoms with Crippen LogP contribution in [-0.4, -0.2) is 18.7 Å². The molecule has 1 atom stereocenters. The molecule has 1 aromatic carbocycles. The van der Waals surface area contributed by atoms with Gasteiger partial charge in [0, 0.05) is 6.07 Å². The normalized spacial score (nSPS) is 13.1. The van der Waals surface area contributed by atoms with Gasteiger partial charge in [0.05, 0.1) is 18.1 Å². The van der Waals surface area contributed by atoms with Crippen molar-refractivity contribution >= 4 is 5.97 Å². The third-order valence-corrected chi connectivity index (χ3v) is 3.12. The lowest BCUT2D eigenvalue weighted by molar-refractivity contribution is -0.149. The quantitative estimate of drug-likeness (QED) is 0.344. The Morgan fingerprint density at radius 3 is 2.14 bits per heavy atom. The van der Waals surface area contributed by atoms with Crippen LogP contribution in [0.3, 0.4) is 0 Å². The maximum absolute atomic E-state index is 13.5. The molecule has 1 rings (SSSR count). The minimum atomic E-state index is -1.76. The number of ether oxygens (including phenoxy) is 2. The van der Waals surface area contributed by atoms with Crippen LogP contribution in [0.1, 0.15) is 34.1 Å². The summed E-state index contributed by atoms with van der Waals surface area (Å²) in [4.78, 5) is 12.0. The molecular weight excluding hydrogens is 304 g/mol. The molecule has 0 aromatic heterocycles. The fraction of sp³-hybridized carbons (Fsp3) is 0.533. The fourth-order valence-corrected chi connectivity index (χ4v) is 1.40. The molecular formula is C15H18F4O3. The number of halogens is 4. The first-order valence-electron chi connectivity index (χ1n) is 6.77. The summed E-state index contributed by atoms with van der Waals surface area (Å²) >= 11 is 0. The summed E-state index contributed by atoms with van der Waals surface area (Å²) in [6.07, 6.45) is 0.593. The highest BCUT2D eigenvalue weighted by molar-refractivity contribution is 5.78. The maximum Gasteiger partial charge on any atom is 0.319 e. The molecule has 0 aliphatic carbocycles. The second-order valence-corrected chi connectivity index (χ2v) is 5.60. The lowest BCUT2D eigenvalue weighted by Crippen LogP contribution is -2.35. The van der Waals surface area contributed by atoms with Crippen molar-refractivity contribution in [2.75, 3.05) is 6.61 Å².